The summed E-state index contributed by atoms with van der Waals surface area (Å²) < 4.78 is 1.72. The zero-order valence-electron chi connectivity index (χ0n) is 10.8. The van der Waals surface area contributed by atoms with E-state index in [9.17, 15) is 14.9 Å². The number of terminal acetylenes is 1. The van der Waals surface area contributed by atoms with Gasteiger partial charge in [0.2, 0.25) is 0 Å². The monoisotopic (exact) mass is 272 g/mol. The number of carboxylic acid groups (broad SMARTS) is 1. The lowest BCUT2D eigenvalue weighted by Gasteiger charge is -2.01. The topological polar surface area (TPSA) is 85.4 Å². The molecule has 2 aromatic rings. The van der Waals surface area contributed by atoms with E-state index in [2.05, 4.69) is 5.92 Å². The molecule has 0 aliphatic heterocycles. The minimum Gasteiger partial charge on any atom is -0.481 e. The zero-order valence-corrected chi connectivity index (χ0v) is 10.8. The van der Waals surface area contributed by atoms with Crippen molar-refractivity contribution in [2.24, 2.45) is 7.05 Å². The van der Waals surface area contributed by atoms with Gasteiger partial charge in [-0.25, -0.2) is 0 Å². The van der Waals surface area contributed by atoms with E-state index in [-0.39, 0.29) is 18.5 Å². The van der Waals surface area contributed by atoms with Gasteiger partial charge < -0.3 is 9.67 Å². The fourth-order valence-corrected chi connectivity index (χ4v) is 2.25. The summed E-state index contributed by atoms with van der Waals surface area (Å²) in [5.74, 6) is 1.45. The first-order chi connectivity index (χ1) is 9.43. The van der Waals surface area contributed by atoms with Crippen LogP contribution in [0.15, 0.2) is 18.3 Å². The van der Waals surface area contributed by atoms with Crippen molar-refractivity contribution in [1.29, 1.82) is 0 Å². The molecular weight excluding hydrogens is 260 g/mol. The molecule has 0 saturated heterocycles. The van der Waals surface area contributed by atoms with E-state index >= 15 is 0 Å². The molecule has 0 atom stereocenters. The van der Waals surface area contributed by atoms with Crippen molar-refractivity contribution in [2.45, 2.75) is 12.8 Å². The summed E-state index contributed by atoms with van der Waals surface area (Å²) >= 11 is 0. The Balaban J connectivity index is 2.70. The Morgan fingerprint density at radius 3 is 2.80 bits per heavy atom. The van der Waals surface area contributed by atoms with Gasteiger partial charge in [-0.3, -0.25) is 14.9 Å². The largest absolute Gasteiger partial charge is 0.481 e. The van der Waals surface area contributed by atoms with Gasteiger partial charge in [0.15, 0.2) is 0 Å². The van der Waals surface area contributed by atoms with E-state index in [0.29, 0.717) is 22.0 Å². The maximum atomic E-state index is 11.2. The van der Waals surface area contributed by atoms with E-state index in [4.69, 9.17) is 11.5 Å². The van der Waals surface area contributed by atoms with Gasteiger partial charge >= 0.3 is 5.97 Å². The molecular formula is C14H12N2O4. The summed E-state index contributed by atoms with van der Waals surface area (Å²) in [6.07, 6.45) is 7.18. The van der Waals surface area contributed by atoms with Crippen LogP contribution in [0.2, 0.25) is 0 Å². The normalized spacial score (nSPS) is 10.4. The molecule has 0 saturated carbocycles. The SMILES string of the molecule is C#Cc1cc([N+](=O)[O-])c2c(CCC(=O)O)cn(C)c2c1. The van der Waals surface area contributed by atoms with Gasteiger partial charge in [0.1, 0.15) is 0 Å². The van der Waals surface area contributed by atoms with E-state index in [1.54, 1.807) is 23.9 Å². The number of carbonyl (C=O) groups is 1. The van der Waals surface area contributed by atoms with Crippen LogP contribution in [0.1, 0.15) is 17.5 Å². The standard InChI is InChI=1S/C14H12N2O4/c1-3-9-6-11-14(12(7-9)16(19)20)10(8-15(11)2)4-5-13(17)18/h1,6-8H,4-5H2,2H3,(H,17,18). The number of hydrogen-bond donors (Lipinski definition) is 1. The third kappa shape index (κ3) is 2.34. The molecule has 1 aromatic heterocycles. The van der Waals surface area contributed by atoms with Crippen molar-refractivity contribution in [3.05, 3.63) is 39.6 Å². The predicted octanol–water partition coefficient (Wildman–Crippen LogP) is 2.08. The summed E-state index contributed by atoms with van der Waals surface area (Å²) in [6, 6.07) is 3.03. The van der Waals surface area contributed by atoms with Crippen LogP contribution in [-0.2, 0) is 18.3 Å². The van der Waals surface area contributed by atoms with Gasteiger partial charge in [-0.2, -0.15) is 0 Å². The van der Waals surface area contributed by atoms with Gasteiger partial charge in [-0.05, 0) is 18.1 Å². The molecule has 0 fully saturated rings. The number of benzene rings is 1. The molecule has 6 heteroatoms. The number of rotatable bonds is 4. The summed E-state index contributed by atoms with van der Waals surface area (Å²) in [5.41, 5.74) is 1.61. The van der Waals surface area contributed by atoms with Crippen LogP contribution in [0.5, 0.6) is 0 Å². The lowest BCUT2D eigenvalue weighted by atomic mass is 10.0. The average molecular weight is 272 g/mol. The molecule has 20 heavy (non-hydrogen) atoms. The van der Waals surface area contributed by atoms with Gasteiger partial charge in [-0.1, -0.05) is 5.92 Å². The Morgan fingerprint density at radius 2 is 2.25 bits per heavy atom. The third-order valence-corrected chi connectivity index (χ3v) is 3.12. The quantitative estimate of drug-likeness (QED) is 0.524. The van der Waals surface area contributed by atoms with Crippen molar-refractivity contribution in [2.75, 3.05) is 0 Å². The number of carboxylic acids is 1. The number of nitro benzene ring substituents is 1. The summed E-state index contributed by atoms with van der Waals surface area (Å²) in [6.45, 7) is 0. The van der Waals surface area contributed by atoms with Crippen molar-refractivity contribution in [3.8, 4) is 12.3 Å². The highest BCUT2D eigenvalue weighted by atomic mass is 16.6. The second-order valence-electron chi connectivity index (χ2n) is 4.45. The predicted molar refractivity (Wildman–Crippen MR) is 73.5 cm³/mol. The fourth-order valence-electron chi connectivity index (χ4n) is 2.25. The number of non-ortho nitro benzene ring substituents is 1. The van der Waals surface area contributed by atoms with Crippen LogP contribution in [0.25, 0.3) is 10.9 Å². The number of aliphatic carboxylic acids is 1. The molecule has 6 nitrogen and oxygen atoms in total. The summed E-state index contributed by atoms with van der Waals surface area (Å²) in [4.78, 5) is 21.4. The molecule has 0 aliphatic carbocycles. The van der Waals surface area contributed by atoms with Crippen LogP contribution in [0, 0.1) is 22.5 Å². The Bertz CT molecular complexity index is 753. The molecule has 0 radical (unpaired) electrons. The third-order valence-electron chi connectivity index (χ3n) is 3.12. The number of nitrogens with zero attached hydrogens (tertiary/aromatic N) is 2. The molecule has 2 rings (SSSR count). The van der Waals surface area contributed by atoms with Gasteiger partial charge in [-0.15, -0.1) is 6.42 Å². The maximum Gasteiger partial charge on any atom is 0.303 e. The fraction of sp³-hybridized carbons (Fsp3) is 0.214. The first kappa shape index (κ1) is 13.6. The Kier molecular flexibility index (Phi) is 3.44. The second-order valence-corrected chi connectivity index (χ2v) is 4.45. The number of nitro groups is 1. The van der Waals surface area contributed by atoms with Crippen molar-refractivity contribution < 1.29 is 14.8 Å². The molecule has 0 unspecified atom stereocenters. The molecule has 102 valence electrons. The minimum atomic E-state index is -0.940. The molecule has 0 spiro atoms. The van der Waals surface area contributed by atoms with E-state index in [0.717, 1.165) is 0 Å². The van der Waals surface area contributed by atoms with Gasteiger partial charge in [0.05, 0.1) is 15.8 Å². The van der Waals surface area contributed by atoms with Crippen LogP contribution in [0.4, 0.5) is 5.69 Å². The number of fused-ring (bicyclic) bond motifs is 1. The summed E-state index contributed by atoms with van der Waals surface area (Å²) in [7, 11) is 1.75. The highest BCUT2D eigenvalue weighted by Gasteiger charge is 2.20. The lowest BCUT2D eigenvalue weighted by molar-refractivity contribution is -0.383. The van der Waals surface area contributed by atoms with E-state index < -0.39 is 10.9 Å². The van der Waals surface area contributed by atoms with Crippen LogP contribution >= 0.6 is 0 Å². The first-order valence-corrected chi connectivity index (χ1v) is 5.88. The van der Waals surface area contributed by atoms with Crippen molar-refractivity contribution >= 4 is 22.6 Å². The second kappa shape index (κ2) is 5.05. The molecule has 1 N–H and O–H groups in total. The molecule has 0 bridgehead atoms. The highest BCUT2D eigenvalue weighted by molar-refractivity contribution is 5.94. The lowest BCUT2D eigenvalue weighted by Crippen LogP contribution is -1.98. The Labute approximate surface area is 114 Å². The number of hydrogen-bond acceptors (Lipinski definition) is 3. The van der Waals surface area contributed by atoms with Crippen molar-refractivity contribution in [1.82, 2.24) is 4.57 Å². The number of aryl methyl sites for hydroxylation is 2. The van der Waals surface area contributed by atoms with E-state index in [1.165, 1.54) is 6.07 Å². The Morgan fingerprint density at radius 1 is 1.55 bits per heavy atom. The molecule has 0 aliphatic rings. The Hall–Kier alpha value is -2.81. The molecule has 0 amide bonds. The first-order valence-electron chi connectivity index (χ1n) is 5.88. The minimum absolute atomic E-state index is 0.0762. The summed E-state index contributed by atoms with van der Waals surface area (Å²) in [5, 5.41) is 20.4. The zero-order chi connectivity index (χ0) is 14.9. The smallest absolute Gasteiger partial charge is 0.303 e. The highest BCUT2D eigenvalue weighted by Crippen LogP contribution is 2.32. The van der Waals surface area contributed by atoms with Crippen LogP contribution < -0.4 is 0 Å². The molecule has 1 aromatic carbocycles. The van der Waals surface area contributed by atoms with E-state index in [1.807, 2.05) is 0 Å². The molecule has 1 heterocycles. The van der Waals surface area contributed by atoms with Gasteiger partial charge in [0, 0.05) is 31.3 Å². The number of aromatic nitrogens is 1. The van der Waals surface area contributed by atoms with Crippen LogP contribution in [0.3, 0.4) is 0 Å². The maximum absolute atomic E-state index is 11.2. The van der Waals surface area contributed by atoms with Crippen molar-refractivity contribution in [3.63, 3.8) is 0 Å². The van der Waals surface area contributed by atoms with Crippen LogP contribution in [-0.4, -0.2) is 20.6 Å². The average Bonchev–Trinajstić information content (AvgIpc) is 2.72. The van der Waals surface area contributed by atoms with Gasteiger partial charge in [0.25, 0.3) is 5.69 Å².